The SMILES string of the molecule is CCOC(=O)Cn1c(=NC(=O)c2ccc(NS(=O)(=O)c3ccc(OC)cc3)cc2)sc2cc(S(N)(=O)=O)ccc21. The molecule has 0 unspecified atom stereocenters. The lowest BCUT2D eigenvalue weighted by atomic mass is 10.2. The van der Waals surface area contributed by atoms with Gasteiger partial charge in [0.05, 0.1) is 33.7 Å². The van der Waals surface area contributed by atoms with Gasteiger partial charge in [0.15, 0.2) is 4.80 Å². The predicted molar refractivity (Wildman–Crippen MR) is 148 cm³/mol. The van der Waals surface area contributed by atoms with E-state index in [4.69, 9.17) is 14.6 Å². The number of hydrogen-bond donors (Lipinski definition) is 2. The topological polar surface area (TPSA) is 176 Å². The molecule has 1 heterocycles. The zero-order chi connectivity index (χ0) is 29.1. The smallest absolute Gasteiger partial charge is 0.326 e. The molecule has 0 saturated carbocycles. The van der Waals surface area contributed by atoms with Crippen LogP contribution < -0.4 is 19.4 Å². The second kappa shape index (κ2) is 11.6. The Balaban J connectivity index is 1.64. The van der Waals surface area contributed by atoms with Gasteiger partial charge in [-0.15, -0.1) is 0 Å². The van der Waals surface area contributed by atoms with E-state index in [9.17, 15) is 26.4 Å². The molecule has 4 aromatic rings. The predicted octanol–water partition coefficient (Wildman–Crippen LogP) is 2.46. The highest BCUT2D eigenvalue weighted by Gasteiger charge is 2.17. The van der Waals surface area contributed by atoms with E-state index in [0.29, 0.717) is 16.0 Å². The van der Waals surface area contributed by atoms with Crippen LogP contribution in [0.25, 0.3) is 10.2 Å². The lowest BCUT2D eigenvalue weighted by Gasteiger charge is -2.09. The number of nitrogens with one attached hydrogen (secondary N) is 1. The Hall–Kier alpha value is -4.05. The molecule has 210 valence electrons. The number of methoxy groups -OCH3 is 1. The molecule has 0 spiro atoms. The van der Waals surface area contributed by atoms with Crippen molar-refractivity contribution in [2.75, 3.05) is 18.4 Å². The maximum atomic E-state index is 13.0. The number of anilines is 1. The van der Waals surface area contributed by atoms with Crippen LogP contribution in [0.2, 0.25) is 0 Å². The Kier molecular flexibility index (Phi) is 8.39. The highest BCUT2D eigenvalue weighted by molar-refractivity contribution is 7.92. The molecule has 0 bridgehead atoms. The van der Waals surface area contributed by atoms with Crippen LogP contribution in [0.4, 0.5) is 5.69 Å². The summed E-state index contributed by atoms with van der Waals surface area (Å²) in [6, 6.07) is 15.6. The van der Waals surface area contributed by atoms with Crippen LogP contribution in [0, 0.1) is 0 Å². The van der Waals surface area contributed by atoms with Gasteiger partial charge in [0.25, 0.3) is 15.9 Å². The lowest BCUT2D eigenvalue weighted by molar-refractivity contribution is -0.143. The molecule has 0 atom stereocenters. The number of carbonyl (C=O) groups is 2. The van der Waals surface area contributed by atoms with Gasteiger partial charge in [-0.2, -0.15) is 4.99 Å². The van der Waals surface area contributed by atoms with Gasteiger partial charge in [-0.1, -0.05) is 11.3 Å². The number of benzene rings is 3. The fourth-order valence-electron chi connectivity index (χ4n) is 3.61. The van der Waals surface area contributed by atoms with E-state index in [0.717, 1.165) is 11.3 Å². The Bertz CT molecular complexity index is 1860. The summed E-state index contributed by atoms with van der Waals surface area (Å²) in [6.07, 6.45) is 0. The van der Waals surface area contributed by atoms with Crippen molar-refractivity contribution in [3.63, 3.8) is 0 Å². The van der Waals surface area contributed by atoms with Gasteiger partial charge in [-0.25, -0.2) is 22.0 Å². The molecule has 0 radical (unpaired) electrons. The van der Waals surface area contributed by atoms with Crippen molar-refractivity contribution < 1.29 is 35.9 Å². The van der Waals surface area contributed by atoms with Gasteiger partial charge >= 0.3 is 5.97 Å². The molecule has 12 nitrogen and oxygen atoms in total. The highest BCUT2D eigenvalue weighted by Crippen LogP contribution is 2.22. The average Bonchev–Trinajstić information content (AvgIpc) is 3.24. The molecule has 0 aliphatic carbocycles. The molecule has 15 heteroatoms. The van der Waals surface area contributed by atoms with Crippen molar-refractivity contribution in [3.05, 3.63) is 77.1 Å². The summed E-state index contributed by atoms with van der Waals surface area (Å²) < 4.78 is 63.3. The molecular weight excluding hydrogens is 580 g/mol. The monoisotopic (exact) mass is 604 g/mol. The third-order valence-electron chi connectivity index (χ3n) is 5.53. The van der Waals surface area contributed by atoms with E-state index in [1.165, 1.54) is 78.4 Å². The van der Waals surface area contributed by atoms with Crippen LogP contribution in [0.15, 0.2) is 81.5 Å². The van der Waals surface area contributed by atoms with Crippen LogP contribution in [-0.2, 0) is 36.1 Å². The largest absolute Gasteiger partial charge is 0.497 e. The fourth-order valence-corrected chi connectivity index (χ4v) is 6.35. The van der Waals surface area contributed by atoms with Crippen LogP contribution in [0.1, 0.15) is 17.3 Å². The van der Waals surface area contributed by atoms with Gasteiger partial charge in [0.2, 0.25) is 10.0 Å². The number of esters is 1. The molecule has 4 rings (SSSR count). The number of nitrogens with two attached hydrogens (primary N) is 1. The number of rotatable bonds is 9. The summed E-state index contributed by atoms with van der Waals surface area (Å²) in [5.74, 6) is -0.724. The fraction of sp³-hybridized carbons (Fsp3) is 0.160. The van der Waals surface area contributed by atoms with Crippen LogP contribution >= 0.6 is 11.3 Å². The molecule has 3 N–H and O–H groups in total. The zero-order valence-corrected chi connectivity index (χ0v) is 23.7. The van der Waals surface area contributed by atoms with Gasteiger partial charge < -0.3 is 14.0 Å². The highest BCUT2D eigenvalue weighted by atomic mass is 32.2. The van der Waals surface area contributed by atoms with Crippen molar-refractivity contribution >= 4 is 59.2 Å². The van der Waals surface area contributed by atoms with E-state index in [1.54, 1.807) is 6.92 Å². The van der Waals surface area contributed by atoms with Crippen molar-refractivity contribution in [1.29, 1.82) is 0 Å². The Morgan fingerprint density at radius 1 is 0.975 bits per heavy atom. The van der Waals surface area contributed by atoms with E-state index in [-0.39, 0.29) is 39.0 Å². The molecule has 0 fully saturated rings. The minimum atomic E-state index is -3.98. The summed E-state index contributed by atoms with van der Waals surface area (Å²) in [4.78, 5) is 29.4. The van der Waals surface area contributed by atoms with E-state index in [2.05, 4.69) is 9.71 Å². The first-order valence-corrected chi connectivity index (χ1v) is 15.4. The van der Waals surface area contributed by atoms with Crippen LogP contribution in [0.3, 0.4) is 0 Å². The van der Waals surface area contributed by atoms with Crippen molar-refractivity contribution in [1.82, 2.24) is 4.57 Å². The van der Waals surface area contributed by atoms with Gasteiger partial charge in [-0.05, 0) is 73.7 Å². The first kappa shape index (κ1) is 28.9. The zero-order valence-electron chi connectivity index (χ0n) is 21.2. The first-order valence-electron chi connectivity index (χ1n) is 11.6. The van der Waals surface area contributed by atoms with Crippen molar-refractivity contribution in [2.24, 2.45) is 10.1 Å². The molecule has 1 amide bonds. The molecule has 0 aliphatic heterocycles. The normalized spacial score (nSPS) is 12.3. The number of fused-ring (bicyclic) bond motifs is 1. The third-order valence-corrected chi connectivity index (χ3v) is 8.88. The van der Waals surface area contributed by atoms with Gasteiger partial charge in [0.1, 0.15) is 12.3 Å². The standard InChI is InChI=1S/C25H24N4O8S3/c1-3-37-23(30)15-29-21-13-12-20(39(26,32)33)14-22(21)38-25(29)27-24(31)16-4-6-17(7-5-16)28-40(34,35)19-10-8-18(36-2)9-11-19/h4-14,28H,3,15H2,1-2H3,(H2,26,32,33). The molecule has 0 saturated heterocycles. The van der Waals surface area contributed by atoms with E-state index in [1.807, 2.05) is 0 Å². The van der Waals surface area contributed by atoms with Crippen LogP contribution in [-0.4, -0.2) is 47.0 Å². The van der Waals surface area contributed by atoms with Crippen molar-refractivity contribution in [3.8, 4) is 5.75 Å². The van der Waals surface area contributed by atoms with Gasteiger partial charge in [-0.3, -0.25) is 14.3 Å². The third kappa shape index (κ3) is 6.56. The number of sulfonamides is 2. The first-order chi connectivity index (χ1) is 18.9. The second-order valence-corrected chi connectivity index (χ2v) is 12.5. The number of aromatic nitrogens is 1. The molecule has 0 aliphatic rings. The molecule has 1 aromatic heterocycles. The van der Waals surface area contributed by atoms with E-state index >= 15 is 0 Å². The number of amides is 1. The quantitative estimate of drug-likeness (QED) is 0.274. The second-order valence-electron chi connectivity index (χ2n) is 8.23. The number of thiazole rings is 1. The Labute approximate surface area is 233 Å². The van der Waals surface area contributed by atoms with E-state index < -0.39 is 31.9 Å². The van der Waals surface area contributed by atoms with Gasteiger partial charge in [0, 0.05) is 11.3 Å². The summed E-state index contributed by atoms with van der Waals surface area (Å²) in [7, 11) is -6.39. The minimum Gasteiger partial charge on any atom is -0.497 e. The maximum absolute atomic E-state index is 13.0. The summed E-state index contributed by atoms with van der Waals surface area (Å²) >= 11 is 0.996. The summed E-state index contributed by atoms with van der Waals surface area (Å²) in [5, 5.41) is 5.24. The number of nitrogens with zero attached hydrogens (tertiary/aromatic N) is 2. The van der Waals surface area contributed by atoms with Crippen molar-refractivity contribution in [2.45, 2.75) is 23.3 Å². The number of hydrogen-bond acceptors (Lipinski definition) is 9. The lowest BCUT2D eigenvalue weighted by Crippen LogP contribution is -2.23. The summed E-state index contributed by atoms with van der Waals surface area (Å²) in [5.41, 5.74) is 0.833. The number of ether oxygens (including phenoxy) is 2. The van der Waals surface area contributed by atoms with Crippen LogP contribution in [0.5, 0.6) is 5.75 Å². The summed E-state index contributed by atoms with van der Waals surface area (Å²) in [6.45, 7) is 1.54. The Morgan fingerprint density at radius 2 is 1.62 bits per heavy atom. The number of carbonyl (C=O) groups excluding carboxylic acids is 2. The molecule has 3 aromatic carbocycles. The molecular formula is C25H24N4O8S3. The average molecular weight is 605 g/mol. The maximum Gasteiger partial charge on any atom is 0.326 e. The minimum absolute atomic E-state index is 0.0324. The molecule has 40 heavy (non-hydrogen) atoms. The number of primary sulfonamides is 1. The Morgan fingerprint density at radius 3 is 2.23 bits per heavy atom.